The Morgan fingerprint density at radius 1 is 1.31 bits per heavy atom. The Balaban J connectivity index is 2.12. The number of benzene rings is 1. The van der Waals surface area contributed by atoms with Crippen LogP contribution in [0.1, 0.15) is 27.2 Å². The maximum Gasteiger partial charge on any atom is 0.328 e. The van der Waals surface area contributed by atoms with Gasteiger partial charge in [0.05, 0.1) is 25.3 Å². The smallest absolute Gasteiger partial charge is 0.328 e. The summed E-state index contributed by atoms with van der Waals surface area (Å²) >= 11 is 0. The van der Waals surface area contributed by atoms with Gasteiger partial charge in [-0.15, -0.1) is 0 Å². The highest BCUT2D eigenvalue weighted by Crippen LogP contribution is 2.33. The lowest BCUT2D eigenvalue weighted by molar-refractivity contribution is -0.146. The Morgan fingerprint density at radius 3 is 2.62 bits per heavy atom. The van der Waals surface area contributed by atoms with Gasteiger partial charge in [0.15, 0.2) is 0 Å². The molecular weight excluding hydrogens is 336 g/mol. The summed E-state index contributed by atoms with van der Waals surface area (Å²) in [4.78, 5) is 38.4. The Hall–Kier alpha value is -2.57. The fraction of sp³-hybridized carbons (Fsp3) is 0.526. The second-order valence-corrected chi connectivity index (χ2v) is 6.56. The SMILES string of the molecule is CCOc1ccccc1N1CC(C(=O)NC(C(=O)OC)C(C)C)CC1=O. The molecule has 1 fully saturated rings. The second kappa shape index (κ2) is 8.69. The van der Waals surface area contributed by atoms with E-state index < -0.39 is 17.9 Å². The first-order chi connectivity index (χ1) is 12.4. The molecule has 7 heteroatoms. The lowest BCUT2D eigenvalue weighted by atomic mass is 10.0. The number of hydrogen-bond donors (Lipinski definition) is 1. The third-order valence-electron chi connectivity index (χ3n) is 4.37. The van der Waals surface area contributed by atoms with E-state index in [0.717, 1.165) is 0 Å². The number of amides is 2. The van der Waals surface area contributed by atoms with Crippen molar-refractivity contribution >= 4 is 23.5 Å². The molecule has 1 aromatic rings. The van der Waals surface area contributed by atoms with Crippen molar-refractivity contribution in [1.82, 2.24) is 5.32 Å². The van der Waals surface area contributed by atoms with Crippen LogP contribution in [0.5, 0.6) is 5.75 Å². The summed E-state index contributed by atoms with van der Waals surface area (Å²) in [5.74, 6) is -0.980. The van der Waals surface area contributed by atoms with E-state index in [4.69, 9.17) is 9.47 Å². The van der Waals surface area contributed by atoms with E-state index in [9.17, 15) is 14.4 Å². The number of hydrogen-bond acceptors (Lipinski definition) is 5. The Bertz CT molecular complexity index is 674. The number of ether oxygens (including phenoxy) is 2. The van der Waals surface area contributed by atoms with E-state index in [1.165, 1.54) is 7.11 Å². The molecule has 1 N–H and O–H groups in total. The van der Waals surface area contributed by atoms with Gasteiger partial charge in [-0.2, -0.15) is 0 Å². The number of esters is 1. The second-order valence-electron chi connectivity index (χ2n) is 6.56. The molecule has 2 unspecified atom stereocenters. The Kier molecular flexibility index (Phi) is 6.60. The predicted octanol–water partition coefficient (Wildman–Crippen LogP) is 1.75. The highest BCUT2D eigenvalue weighted by atomic mass is 16.5. The summed E-state index contributed by atoms with van der Waals surface area (Å²) in [6.07, 6.45) is 0.0955. The molecule has 1 heterocycles. The molecule has 1 aromatic carbocycles. The van der Waals surface area contributed by atoms with Crippen LogP contribution >= 0.6 is 0 Å². The van der Waals surface area contributed by atoms with E-state index in [2.05, 4.69) is 5.32 Å². The van der Waals surface area contributed by atoms with Crippen molar-refractivity contribution < 1.29 is 23.9 Å². The monoisotopic (exact) mass is 362 g/mol. The summed E-state index contributed by atoms with van der Waals surface area (Å²) in [5.41, 5.74) is 0.656. The van der Waals surface area contributed by atoms with Crippen molar-refractivity contribution in [3.63, 3.8) is 0 Å². The molecule has 2 atom stereocenters. The molecule has 2 amide bonds. The molecule has 0 spiro atoms. The van der Waals surface area contributed by atoms with Crippen molar-refractivity contribution in [2.45, 2.75) is 33.2 Å². The third-order valence-corrected chi connectivity index (χ3v) is 4.37. The maximum atomic E-state index is 12.6. The fourth-order valence-electron chi connectivity index (χ4n) is 2.97. The lowest BCUT2D eigenvalue weighted by Gasteiger charge is -2.22. The standard InChI is InChI=1S/C19H26N2O5/c1-5-26-15-9-7-6-8-14(15)21-11-13(10-16(21)22)18(23)20-17(12(2)3)19(24)25-4/h6-9,12-13,17H,5,10-11H2,1-4H3,(H,20,23). The molecule has 0 aliphatic carbocycles. The molecular formula is C19H26N2O5. The predicted molar refractivity (Wildman–Crippen MR) is 96.9 cm³/mol. The van der Waals surface area contributed by atoms with Crippen LogP contribution in [0.2, 0.25) is 0 Å². The van der Waals surface area contributed by atoms with Crippen LogP contribution in [-0.2, 0) is 19.1 Å². The quantitative estimate of drug-likeness (QED) is 0.747. The number of nitrogens with one attached hydrogen (secondary N) is 1. The Morgan fingerprint density at radius 2 is 2.00 bits per heavy atom. The van der Waals surface area contributed by atoms with Crippen molar-refractivity contribution in [3.05, 3.63) is 24.3 Å². The maximum absolute atomic E-state index is 12.6. The zero-order valence-electron chi connectivity index (χ0n) is 15.7. The van der Waals surface area contributed by atoms with Gasteiger partial charge in [0.25, 0.3) is 0 Å². The number of carbonyl (C=O) groups excluding carboxylic acids is 3. The molecule has 1 aliphatic rings. The van der Waals surface area contributed by atoms with E-state index >= 15 is 0 Å². The highest BCUT2D eigenvalue weighted by Gasteiger charge is 2.38. The van der Waals surface area contributed by atoms with Crippen LogP contribution in [0.3, 0.4) is 0 Å². The lowest BCUT2D eigenvalue weighted by Crippen LogP contribution is -2.47. The van der Waals surface area contributed by atoms with Crippen LogP contribution in [0.15, 0.2) is 24.3 Å². The van der Waals surface area contributed by atoms with E-state index in [-0.39, 0.29) is 30.7 Å². The molecule has 1 saturated heterocycles. The molecule has 0 radical (unpaired) electrons. The number of para-hydroxylation sites is 2. The highest BCUT2D eigenvalue weighted by molar-refractivity contribution is 6.01. The zero-order chi connectivity index (χ0) is 19.3. The van der Waals surface area contributed by atoms with Crippen LogP contribution < -0.4 is 15.0 Å². The average molecular weight is 362 g/mol. The largest absolute Gasteiger partial charge is 0.492 e. The van der Waals surface area contributed by atoms with Gasteiger partial charge in [0, 0.05) is 13.0 Å². The van der Waals surface area contributed by atoms with Gasteiger partial charge in [-0.05, 0) is 25.0 Å². The van der Waals surface area contributed by atoms with Crippen molar-refractivity contribution in [2.24, 2.45) is 11.8 Å². The van der Waals surface area contributed by atoms with Gasteiger partial charge in [-0.3, -0.25) is 9.59 Å². The molecule has 26 heavy (non-hydrogen) atoms. The number of nitrogens with zero attached hydrogens (tertiary/aromatic N) is 1. The van der Waals surface area contributed by atoms with Gasteiger partial charge >= 0.3 is 5.97 Å². The van der Waals surface area contributed by atoms with E-state index in [1.807, 2.05) is 32.9 Å². The fourth-order valence-corrected chi connectivity index (χ4v) is 2.97. The Labute approximate surface area is 153 Å². The normalized spacial score (nSPS) is 18.0. The van der Waals surface area contributed by atoms with Gasteiger partial charge < -0.3 is 19.7 Å². The van der Waals surface area contributed by atoms with Gasteiger partial charge in [-0.25, -0.2) is 4.79 Å². The summed E-state index contributed by atoms with van der Waals surface area (Å²) in [6.45, 7) is 6.26. The summed E-state index contributed by atoms with van der Waals surface area (Å²) < 4.78 is 10.3. The molecule has 0 bridgehead atoms. The molecule has 0 saturated carbocycles. The molecule has 0 aromatic heterocycles. The summed E-state index contributed by atoms with van der Waals surface area (Å²) in [7, 11) is 1.29. The van der Waals surface area contributed by atoms with Gasteiger partial charge in [0.1, 0.15) is 11.8 Å². The van der Waals surface area contributed by atoms with Crippen molar-refractivity contribution in [3.8, 4) is 5.75 Å². The minimum Gasteiger partial charge on any atom is -0.492 e. The first-order valence-corrected chi connectivity index (χ1v) is 8.79. The molecule has 2 rings (SSSR count). The van der Waals surface area contributed by atoms with Crippen LogP contribution in [0.25, 0.3) is 0 Å². The summed E-state index contributed by atoms with van der Waals surface area (Å²) in [6, 6.07) is 6.53. The van der Waals surface area contributed by atoms with Crippen molar-refractivity contribution in [1.29, 1.82) is 0 Å². The number of methoxy groups -OCH3 is 1. The van der Waals surface area contributed by atoms with Gasteiger partial charge in [0.2, 0.25) is 11.8 Å². The zero-order valence-corrected chi connectivity index (χ0v) is 15.7. The minimum absolute atomic E-state index is 0.0955. The molecule has 1 aliphatic heterocycles. The van der Waals surface area contributed by atoms with Crippen LogP contribution in [0.4, 0.5) is 5.69 Å². The number of anilines is 1. The van der Waals surface area contributed by atoms with Crippen LogP contribution in [-0.4, -0.2) is 44.1 Å². The number of rotatable bonds is 7. The molecule has 7 nitrogen and oxygen atoms in total. The first-order valence-electron chi connectivity index (χ1n) is 8.79. The summed E-state index contributed by atoms with van der Waals surface area (Å²) in [5, 5.41) is 2.72. The van der Waals surface area contributed by atoms with Crippen LogP contribution in [0, 0.1) is 11.8 Å². The molecule has 142 valence electrons. The van der Waals surface area contributed by atoms with E-state index in [0.29, 0.717) is 18.0 Å². The third kappa shape index (κ3) is 4.33. The average Bonchev–Trinajstić information content (AvgIpc) is 3.01. The topological polar surface area (TPSA) is 84.9 Å². The van der Waals surface area contributed by atoms with Crippen molar-refractivity contribution in [2.75, 3.05) is 25.2 Å². The van der Waals surface area contributed by atoms with Gasteiger partial charge in [-0.1, -0.05) is 26.0 Å². The number of carbonyl (C=O) groups is 3. The first kappa shape index (κ1) is 19.8. The van der Waals surface area contributed by atoms with E-state index in [1.54, 1.807) is 17.0 Å². The minimum atomic E-state index is -0.729.